The Morgan fingerprint density at radius 2 is 1.85 bits per heavy atom. The van der Waals surface area contributed by atoms with Crippen LogP contribution in [0, 0.1) is 0 Å². The van der Waals surface area contributed by atoms with Crippen LogP contribution in [0.2, 0.25) is 0 Å². The lowest BCUT2D eigenvalue weighted by Gasteiger charge is -2.32. The average Bonchev–Trinajstić information content (AvgIpc) is 3.35. The summed E-state index contributed by atoms with van der Waals surface area (Å²) in [6.45, 7) is 5.04. The largest absolute Gasteiger partial charge is 0.367 e. The van der Waals surface area contributed by atoms with Gasteiger partial charge in [-0.1, -0.05) is 24.3 Å². The van der Waals surface area contributed by atoms with Crippen molar-refractivity contribution in [2.75, 3.05) is 24.5 Å². The molecule has 7 heteroatoms. The van der Waals surface area contributed by atoms with Crippen LogP contribution < -0.4 is 10.2 Å². The smallest absolute Gasteiger partial charge is 0.255 e. The number of hydrogen-bond donors (Lipinski definition) is 2. The molecule has 198 valence electrons. The van der Waals surface area contributed by atoms with Crippen LogP contribution >= 0.6 is 0 Å². The Bertz CT molecular complexity index is 1520. The molecule has 39 heavy (non-hydrogen) atoms. The van der Waals surface area contributed by atoms with Crippen molar-refractivity contribution in [1.82, 2.24) is 20.2 Å². The molecule has 7 nitrogen and oxygen atoms in total. The summed E-state index contributed by atoms with van der Waals surface area (Å²) in [6.07, 6.45) is 9.85. The SMILES string of the molecule is CC=Cc1ccc(N2CCc3[nH]c4ccc(C(=O)NC5CCN(C(=O)c6cccnc6)CC5)cc4c3C2)cc1. The summed E-state index contributed by atoms with van der Waals surface area (Å²) in [5.74, 6) is -0.0607. The summed E-state index contributed by atoms with van der Waals surface area (Å²) >= 11 is 0. The number of pyridine rings is 1. The number of allylic oxidation sites excluding steroid dienone is 1. The van der Waals surface area contributed by atoms with Gasteiger partial charge in [-0.25, -0.2) is 0 Å². The molecule has 2 aliphatic rings. The Kier molecular flexibility index (Phi) is 6.88. The number of likely N-dealkylation sites (tertiary alicyclic amines) is 1. The van der Waals surface area contributed by atoms with Gasteiger partial charge in [0.05, 0.1) is 5.56 Å². The second-order valence-electron chi connectivity index (χ2n) is 10.4. The van der Waals surface area contributed by atoms with Crippen LogP contribution in [-0.4, -0.2) is 52.4 Å². The molecule has 6 rings (SSSR count). The molecule has 4 heterocycles. The van der Waals surface area contributed by atoms with Crippen molar-refractivity contribution < 1.29 is 9.59 Å². The molecule has 0 saturated carbocycles. The molecule has 0 aliphatic carbocycles. The summed E-state index contributed by atoms with van der Waals surface area (Å²) in [5.41, 5.74) is 7.29. The fourth-order valence-electron chi connectivity index (χ4n) is 5.73. The minimum Gasteiger partial charge on any atom is -0.367 e. The molecule has 0 spiro atoms. The average molecular weight is 520 g/mol. The standard InChI is InChI=1S/C32H33N5O2/c1-2-4-22-6-9-26(10-7-22)37-18-14-30-28(21-37)27-19-23(8-11-29(27)35-30)31(38)34-25-12-16-36(17-13-25)32(39)24-5-3-15-33-20-24/h2-11,15,19-20,25,35H,12-14,16-18,21H2,1H3,(H,34,38). The molecule has 2 aromatic heterocycles. The zero-order valence-corrected chi connectivity index (χ0v) is 22.2. The van der Waals surface area contributed by atoms with Crippen LogP contribution in [-0.2, 0) is 13.0 Å². The number of amides is 2. The number of carbonyl (C=O) groups is 2. The van der Waals surface area contributed by atoms with Crippen molar-refractivity contribution in [3.05, 3.63) is 101 Å². The Morgan fingerprint density at radius 3 is 2.59 bits per heavy atom. The maximum atomic E-state index is 13.2. The number of aromatic nitrogens is 2. The Labute approximate surface area is 228 Å². The number of rotatable bonds is 5. The monoisotopic (exact) mass is 519 g/mol. The van der Waals surface area contributed by atoms with E-state index < -0.39 is 0 Å². The van der Waals surface area contributed by atoms with E-state index in [1.807, 2.05) is 30.0 Å². The number of anilines is 1. The summed E-state index contributed by atoms with van der Waals surface area (Å²) in [6, 6.07) is 18.2. The number of aromatic amines is 1. The van der Waals surface area contributed by atoms with Gasteiger partial charge in [-0.2, -0.15) is 0 Å². The fourth-order valence-corrected chi connectivity index (χ4v) is 5.73. The van der Waals surface area contributed by atoms with Gasteiger partial charge >= 0.3 is 0 Å². The van der Waals surface area contributed by atoms with Gasteiger partial charge in [0.15, 0.2) is 0 Å². The highest BCUT2D eigenvalue weighted by atomic mass is 16.2. The molecular formula is C32H33N5O2. The maximum Gasteiger partial charge on any atom is 0.255 e. The number of hydrogen-bond acceptors (Lipinski definition) is 4. The van der Waals surface area contributed by atoms with Crippen LogP contribution in [0.15, 0.2) is 73.1 Å². The van der Waals surface area contributed by atoms with Gasteiger partial charge in [-0.15, -0.1) is 0 Å². The lowest BCUT2D eigenvalue weighted by molar-refractivity contribution is 0.0697. The lowest BCUT2D eigenvalue weighted by atomic mass is 10.0. The van der Waals surface area contributed by atoms with Crippen molar-refractivity contribution in [2.24, 2.45) is 0 Å². The topological polar surface area (TPSA) is 81.3 Å². The van der Waals surface area contributed by atoms with E-state index in [0.29, 0.717) is 24.2 Å². The molecule has 4 aromatic rings. The summed E-state index contributed by atoms with van der Waals surface area (Å²) in [7, 11) is 0. The van der Waals surface area contributed by atoms with Gasteiger partial charge in [0.2, 0.25) is 0 Å². The van der Waals surface area contributed by atoms with Crippen LogP contribution in [0.4, 0.5) is 5.69 Å². The van der Waals surface area contributed by atoms with Crippen LogP contribution in [0.3, 0.4) is 0 Å². The molecule has 0 atom stereocenters. The zero-order valence-electron chi connectivity index (χ0n) is 22.2. The van der Waals surface area contributed by atoms with Gasteiger partial charge in [-0.05, 0) is 67.8 Å². The first kappa shape index (κ1) is 24.9. The second-order valence-corrected chi connectivity index (χ2v) is 10.4. The molecule has 0 unspecified atom stereocenters. The summed E-state index contributed by atoms with van der Waals surface area (Å²) < 4.78 is 0. The lowest BCUT2D eigenvalue weighted by Crippen LogP contribution is -2.46. The van der Waals surface area contributed by atoms with E-state index in [1.54, 1.807) is 24.5 Å². The number of carbonyl (C=O) groups excluding carboxylic acids is 2. The Hall–Kier alpha value is -4.39. The number of benzene rings is 2. The third-order valence-corrected chi connectivity index (χ3v) is 7.88. The van der Waals surface area contributed by atoms with E-state index >= 15 is 0 Å². The van der Waals surface area contributed by atoms with Crippen LogP contribution in [0.5, 0.6) is 0 Å². The first-order valence-electron chi connectivity index (χ1n) is 13.7. The van der Waals surface area contributed by atoms with E-state index in [9.17, 15) is 9.59 Å². The van der Waals surface area contributed by atoms with E-state index in [0.717, 1.165) is 43.3 Å². The Morgan fingerprint density at radius 1 is 1.03 bits per heavy atom. The summed E-state index contributed by atoms with van der Waals surface area (Å²) in [4.78, 5) is 37.8. The molecule has 1 fully saturated rings. The van der Waals surface area contributed by atoms with E-state index in [-0.39, 0.29) is 17.9 Å². The molecule has 2 N–H and O–H groups in total. The summed E-state index contributed by atoms with van der Waals surface area (Å²) in [5, 5.41) is 4.32. The van der Waals surface area contributed by atoms with Crippen LogP contribution in [0.25, 0.3) is 17.0 Å². The first-order valence-corrected chi connectivity index (χ1v) is 13.7. The zero-order chi connectivity index (χ0) is 26.8. The molecule has 2 aromatic carbocycles. The van der Waals surface area contributed by atoms with Gasteiger partial charge in [-0.3, -0.25) is 14.6 Å². The van der Waals surface area contributed by atoms with Crippen molar-refractivity contribution in [1.29, 1.82) is 0 Å². The van der Waals surface area contributed by atoms with Crippen LogP contribution in [0.1, 0.15) is 57.3 Å². The maximum absolute atomic E-state index is 13.2. The highest BCUT2D eigenvalue weighted by molar-refractivity contribution is 5.99. The predicted molar refractivity (Wildman–Crippen MR) is 155 cm³/mol. The normalized spacial score (nSPS) is 16.0. The second kappa shape index (κ2) is 10.8. The molecule has 0 radical (unpaired) electrons. The minimum absolute atomic E-state index is 0.00153. The Balaban J connectivity index is 1.12. The molecule has 2 aliphatic heterocycles. The number of H-pyrrole nitrogens is 1. The first-order chi connectivity index (χ1) is 19.1. The highest BCUT2D eigenvalue weighted by Gasteiger charge is 2.26. The quantitative estimate of drug-likeness (QED) is 0.380. The number of fused-ring (bicyclic) bond motifs is 3. The number of piperidine rings is 1. The van der Waals surface area contributed by atoms with Gasteiger partial charge < -0.3 is 20.1 Å². The number of nitrogens with zero attached hydrogens (tertiary/aromatic N) is 3. The third kappa shape index (κ3) is 5.17. The minimum atomic E-state index is -0.0591. The third-order valence-electron chi connectivity index (χ3n) is 7.88. The van der Waals surface area contributed by atoms with Crippen molar-refractivity contribution in [3.8, 4) is 0 Å². The van der Waals surface area contributed by atoms with Crippen molar-refractivity contribution in [2.45, 2.75) is 38.8 Å². The molecule has 0 bridgehead atoms. The van der Waals surface area contributed by atoms with Gasteiger partial charge in [0, 0.05) is 84.4 Å². The van der Waals surface area contributed by atoms with E-state index in [1.165, 1.54) is 22.5 Å². The van der Waals surface area contributed by atoms with Gasteiger partial charge in [0.25, 0.3) is 11.8 Å². The molecule has 2 amide bonds. The molecule has 1 saturated heterocycles. The predicted octanol–water partition coefficient (Wildman–Crippen LogP) is 5.19. The van der Waals surface area contributed by atoms with E-state index in [4.69, 9.17) is 0 Å². The number of nitrogens with one attached hydrogen (secondary N) is 2. The van der Waals surface area contributed by atoms with Crippen molar-refractivity contribution in [3.63, 3.8) is 0 Å². The van der Waals surface area contributed by atoms with Gasteiger partial charge in [0.1, 0.15) is 0 Å². The highest BCUT2D eigenvalue weighted by Crippen LogP contribution is 2.31. The van der Waals surface area contributed by atoms with E-state index in [2.05, 4.69) is 56.6 Å². The van der Waals surface area contributed by atoms with Crippen molar-refractivity contribution >= 4 is 34.5 Å². The molecular weight excluding hydrogens is 486 g/mol. The fraction of sp³-hybridized carbons (Fsp3) is 0.281.